The van der Waals surface area contributed by atoms with E-state index in [0.29, 0.717) is 6.04 Å². The molecule has 0 amide bonds. The fraction of sp³-hybridized carbons (Fsp3) is 1.00. The van der Waals surface area contributed by atoms with Crippen molar-refractivity contribution in [2.45, 2.75) is 12.5 Å². The predicted molar refractivity (Wildman–Crippen MR) is 55.4 cm³/mol. The van der Waals surface area contributed by atoms with Crippen molar-refractivity contribution >= 4 is 24.8 Å². The molecule has 0 aromatic heterocycles. The lowest BCUT2D eigenvalue weighted by molar-refractivity contribution is 0.00390. The summed E-state index contributed by atoms with van der Waals surface area (Å²) in [5.74, 6) is 0. The summed E-state index contributed by atoms with van der Waals surface area (Å²) in [7, 11) is 2.13. The fourth-order valence-electron chi connectivity index (χ4n) is 1.23. The minimum atomic E-state index is 0. The smallest absolute Gasteiger partial charge is 0.0622 e. The number of morpholine rings is 1. The van der Waals surface area contributed by atoms with Crippen LogP contribution in [0.4, 0.5) is 0 Å². The first-order valence-corrected chi connectivity index (χ1v) is 3.82. The summed E-state index contributed by atoms with van der Waals surface area (Å²) in [6.45, 7) is 3.54. The molecule has 0 spiro atoms. The molecule has 5 heteroatoms. The zero-order chi connectivity index (χ0) is 7.40. The lowest BCUT2D eigenvalue weighted by Gasteiger charge is -2.31. The Morgan fingerprint density at radius 2 is 2.17 bits per heavy atom. The topological polar surface area (TPSA) is 38.5 Å². The highest BCUT2D eigenvalue weighted by Crippen LogP contribution is 2.05. The van der Waals surface area contributed by atoms with Gasteiger partial charge >= 0.3 is 0 Å². The summed E-state index contributed by atoms with van der Waals surface area (Å²) >= 11 is 0. The largest absolute Gasteiger partial charge is 0.378 e. The summed E-state index contributed by atoms with van der Waals surface area (Å²) < 4.78 is 5.31. The molecule has 1 atom stereocenters. The van der Waals surface area contributed by atoms with E-state index in [4.69, 9.17) is 10.5 Å². The molecule has 0 bridgehead atoms. The molecule has 2 N–H and O–H groups in total. The minimum Gasteiger partial charge on any atom is -0.378 e. The minimum absolute atomic E-state index is 0. The highest BCUT2D eigenvalue weighted by Gasteiger charge is 2.17. The number of hydrogen-bond acceptors (Lipinski definition) is 3. The van der Waals surface area contributed by atoms with Crippen molar-refractivity contribution in [2.24, 2.45) is 5.73 Å². The quantitative estimate of drug-likeness (QED) is 0.732. The Morgan fingerprint density at radius 3 is 2.67 bits per heavy atom. The van der Waals surface area contributed by atoms with Crippen LogP contribution in [0.25, 0.3) is 0 Å². The van der Waals surface area contributed by atoms with E-state index in [9.17, 15) is 0 Å². The molecule has 0 radical (unpaired) electrons. The standard InChI is InChI=1S/C7H16N2O.2ClH/c1-9-4-5-10-6-7(9)2-3-8;;/h7H,2-6,8H2,1H3;2*1H. The molecule has 1 unspecified atom stereocenters. The third-order valence-electron chi connectivity index (χ3n) is 2.02. The summed E-state index contributed by atoms with van der Waals surface area (Å²) in [5.41, 5.74) is 5.44. The predicted octanol–water partition coefficient (Wildman–Crippen LogP) is 0.509. The molecule has 12 heavy (non-hydrogen) atoms. The average Bonchev–Trinajstić information content (AvgIpc) is 1.94. The van der Waals surface area contributed by atoms with Crippen molar-refractivity contribution in [3.05, 3.63) is 0 Å². The third-order valence-corrected chi connectivity index (χ3v) is 2.02. The summed E-state index contributed by atoms with van der Waals surface area (Å²) in [6, 6.07) is 0.554. The normalized spacial score (nSPS) is 24.0. The number of ether oxygens (including phenoxy) is 1. The van der Waals surface area contributed by atoms with Crippen LogP contribution < -0.4 is 5.73 Å². The average molecular weight is 217 g/mol. The van der Waals surface area contributed by atoms with Gasteiger partial charge in [0.2, 0.25) is 0 Å². The van der Waals surface area contributed by atoms with Gasteiger partial charge < -0.3 is 10.5 Å². The number of rotatable bonds is 2. The molecule has 1 rings (SSSR count). The van der Waals surface area contributed by atoms with Crippen molar-refractivity contribution in [1.82, 2.24) is 4.90 Å². The molecule has 76 valence electrons. The van der Waals surface area contributed by atoms with E-state index in [0.717, 1.165) is 32.7 Å². The van der Waals surface area contributed by atoms with E-state index in [1.807, 2.05) is 0 Å². The molecule has 0 aromatic rings. The zero-order valence-corrected chi connectivity index (χ0v) is 9.00. The van der Waals surface area contributed by atoms with Crippen molar-refractivity contribution in [3.63, 3.8) is 0 Å². The summed E-state index contributed by atoms with van der Waals surface area (Å²) in [5, 5.41) is 0. The molecule has 0 saturated carbocycles. The number of nitrogens with zero attached hydrogens (tertiary/aromatic N) is 1. The van der Waals surface area contributed by atoms with Gasteiger partial charge in [-0.15, -0.1) is 24.8 Å². The van der Waals surface area contributed by atoms with Crippen molar-refractivity contribution in [2.75, 3.05) is 33.4 Å². The molecule has 1 heterocycles. The molecular weight excluding hydrogens is 199 g/mol. The lowest BCUT2D eigenvalue weighted by atomic mass is 10.2. The van der Waals surface area contributed by atoms with Crippen molar-refractivity contribution < 1.29 is 4.74 Å². The number of likely N-dealkylation sites (N-methyl/N-ethyl adjacent to an activating group) is 1. The van der Waals surface area contributed by atoms with Crippen LogP contribution in [0.1, 0.15) is 6.42 Å². The monoisotopic (exact) mass is 216 g/mol. The SMILES string of the molecule is CN1CCOCC1CCN.Cl.Cl. The fourth-order valence-corrected chi connectivity index (χ4v) is 1.23. The lowest BCUT2D eigenvalue weighted by Crippen LogP contribution is -2.43. The molecule has 1 aliphatic heterocycles. The summed E-state index contributed by atoms with van der Waals surface area (Å²) in [4.78, 5) is 2.32. The molecule has 1 fully saturated rings. The maximum Gasteiger partial charge on any atom is 0.0622 e. The Bertz CT molecular complexity index is 103. The van der Waals surface area contributed by atoms with Crippen LogP contribution in [0.5, 0.6) is 0 Å². The van der Waals surface area contributed by atoms with Gasteiger partial charge in [-0.2, -0.15) is 0 Å². The van der Waals surface area contributed by atoms with Crippen LogP contribution in [-0.2, 0) is 4.74 Å². The Kier molecular flexibility index (Phi) is 10.1. The van der Waals surface area contributed by atoms with E-state index in [2.05, 4.69) is 11.9 Å². The number of halogens is 2. The first-order valence-electron chi connectivity index (χ1n) is 3.82. The van der Waals surface area contributed by atoms with E-state index in [-0.39, 0.29) is 24.8 Å². The van der Waals surface area contributed by atoms with Crippen LogP contribution in [0, 0.1) is 0 Å². The van der Waals surface area contributed by atoms with Gasteiger partial charge in [-0.3, -0.25) is 4.90 Å². The first kappa shape index (κ1) is 15.0. The second-order valence-corrected chi connectivity index (χ2v) is 2.79. The Morgan fingerprint density at radius 1 is 1.50 bits per heavy atom. The highest BCUT2D eigenvalue weighted by molar-refractivity contribution is 5.85. The Hall–Kier alpha value is 0.460. The van der Waals surface area contributed by atoms with Gasteiger partial charge in [0.05, 0.1) is 13.2 Å². The van der Waals surface area contributed by atoms with Gasteiger partial charge in [0.25, 0.3) is 0 Å². The number of hydrogen-bond donors (Lipinski definition) is 1. The van der Waals surface area contributed by atoms with Gasteiger partial charge in [0, 0.05) is 12.6 Å². The van der Waals surface area contributed by atoms with Gasteiger partial charge in [-0.1, -0.05) is 0 Å². The van der Waals surface area contributed by atoms with Crippen LogP contribution in [-0.4, -0.2) is 44.3 Å². The van der Waals surface area contributed by atoms with E-state index in [1.165, 1.54) is 0 Å². The Balaban J connectivity index is 0. The van der Waals surface area contributed by atoms with Crippen molar-refractivity contribution in [1.29, 1.82) is 0 Å². The van der Waals surface area contributed by atoms with Crippen molar-refractivity contribution in [3.8, 4) is 0 Å². The molecule has 3 nitrogen and oxygen atoms in total. The molecule has 0 aromatic carbocycles. The van der Waals surface area contributed by atoms with Gasteiger partial charge in [0.1, 0.15) is 0 Å². The van der Waals surface area contributed by atoms with Gasteiger partial charge in [0.15, 0.2) is 0 Å². The molecule has 0 aliphatic carbocycles. The van der Waals surface area contributed by atoms with Gasteiger partial charge in [-0.05, 0) is 20.0 Å². The zero-order valence-electron chi connectivity index (χ0n) is 7.36. The van der Waals surface area contributed by atoms with E-state index < -0.39 is 0 Å². The highest BCUT2D eigenvalue weighted by atomic mass is 35.5. The molecule has 1 aliphatic rings. The maximum atomic E-state index is 5.44. The van der Waals surface area contributed by atoms with E-state index >= 15 is 0 Å². The molecule has 1 saturated heterocycles. The summed E-state index contributed by atoms with van der Waals surface area (Å²) in [6.07, 6.45) is 1.05. The van der Waals surface area contributed by atoms with Crippen LogP contribution in [0.2, 0.25) is 0 Å². The second kappa shape index (κ2) is 8.08. The van der Waals surface area contributed by atoms with E-state index in [1.54, 1.807) is 0 Å². The Labute approximate surface area is 86.4 Å². The van der Waals surface area contributed by atoms with Crippen LogP contribution in [0.3, 0.4) is 0 Å². The van der Waals surface area contributed by atoms with Gasteiger partial charge in [-0.25, -0.2) is 0 Å². The second-order valence-electron chi connectivity index (χ2n) is 2.79. The first-order chi connectivity index (χ1) is 4.84. The van der Waals surface area contributed by atoms with Crippen LogP contribution >= 0.6 is 24.8 Å². The third kappa shape index (κ3) is 4.48. The maximum absolute atomic E-state index is 5.44. The van der Waals surface area contributed by atoms with Crippen LogP contribution in [0.15, 0.2) is 0 Å². The molecular formula is C7H18Cl2N2O. The number of nitrogens with two attached hydrogens (primary N) is 1.